The number of rotatable bonds is 0. The SMILES string of the molecule is C1=CC2=NC=C[C@@H]2N=C1. The molecule has 0 radical (unpaired) electrons. The molecule has 0 saturated carbocycles. The van der Waals surface area contributed by atoms with Gasteiger partial charge in [-0.25, -0.2) is 0 Å². The third-order valence-electron chi connectivity index (χ3n) is 1.39. The Bertz CT molecular complexity index is 233. The highest BCUT2D eigenvalue weighted by molar-refractivity contribution is 6.07. The van der Waals surface area contributed by atoms with Crippen molar-refractivity contribution in [2.75, 3.05) is 0 Å². The van der Waals surface area contributed by atoms with Gasteiger partial charge in [-0.05, 0) is 18.2 Å². The van der Waals surface area contributed by atoms with E-state index >= 15 is 0 Å². The molecule has 0 fully saturated rings. The van der Waals surface area contributed by atoms with E-state index in [9.17, 15) is 0 Å². The lowest BCUT2D eigenvalue weighted by atomic mass is 10.1. The lowest BCUT2D eigenvalue weighted by molar-refractivity contribution is 1.11. The first kappa shape index (κ1) is 4.68. The highest BCUT2D eigenvalue weighted by atomic mass is 14.9. The van der Waals surface area contributed by atoms with Gasteiger partial charge in [0.1, 0.15) is 6.04 Å². The molecule has 0 aromatic heterocycles. The summed E-state index contributed by atoms with van der Waals surface area (Å²) < 4.78 is 0. The molecular formula is C7H6N2. The van der Waals surface area contributed by atoms with Crippen LogP contribution in [0.5, 0.6) is 0 Å². The molecule has 2 nitrogen and oxygen atoms in total. The van der Waals surface area contributed by atoms with Crippen LogP contribution in [0.15, 0.2) is 34.4 Å². The van der Waals surface area contributed by atoms with Crippen LogP contribution in [0.3, 0.4) is 0 Å². The van der Waals surface area contributed by atoms with Crippen molar-refractivity contribution in [3.05, 3.63) is 24.4 Å². The number of dihydropyridines is 1. The van der Waals surface area contributed by atoms with E-state index in [1.54, 1.807) is 12.4 Å². The Hall–Kier alpha value is -1.18. The van der Waals surface area contributed by atoms with E-state index in [4.69, 9.17) is 0 Å². The van der Waals surface area contributed by atoms with E-state index < -0.39 is 0 Å². The number of fused-ring (bicyclic) bond motifs is 1. The van der Waals surface area contributed by atoms with Crippen LogP contribution in [0.25, 0.3) is 0 Å². The van der Waals surface area contributed by atoms with Gasteiger partial charge >= 0.3 is 0 Å². The Morgan fingerprint density at radius 2 is 2.44 bits per heavy atom. The lowest BCUT2D eigenvalue weighted by Gasteiger charge is -2.03. The Kier molecular flexibility index (Phi) is 0.859. The molecule has 0 bridgehead atoms. The van der Waals surface area contributed by atoms with E-state index in [0.717, 1.165) is 5.71 Å². The molecule has 0 N–H and O–H groups in total. The first-order valence-corrected chi connectivity index (χ1v) is 2.91. The summed E-state index contributed by atoms with van der Waals surface area (Å²) in [6.07, 6.45) is 9.47. The molecule has 2 aliphatic rings. The predicted molar refractivity (Wildman–Crippen MR) is 38.0 cm³/mol. The highest BCUT2D eigenvalue weighted by Crippen LogP contribution is 2.09. The molecule has 2 aliphatic heterocycles. The van der Waals surface area contributed by atoms with Gasteiger partial charge in [0.15, 0.2) is 0 Å². The monoisotopic (exact) mass is 118 g/mol. The van der Waals surface area contributed by atoms with Gasteiger partial charge in [-0.15, -0.1) is 0 Å². The van der Waals surface area contributed by atoms with E-state index in [2.05, 4.69) is 9.98 Å². The molecule has 44 valence electrons. The van der Waals surface area contributed by atoms with Crippen molar-refractivity contribution in [1.82, 2.24) is 0 Å². The van der Waals surface area contributed by atoms with Crippen LogP contribution in [0.1, 0.15) is 0 Å². The fourth-order valence-corrected chi connectivity index (χ4v) is 0.937. The minimum atomic E-state index is 0.218. The van der Waals surface area contributed by atoms with Gasteiger partial charge in [0.2, 0.25) is 0 Å². The fourth-order valence-electron chi connectivity index (χ4n) is 0.937. The zero-order valence-corrected chi connectivity index (χ0v) is 4.86. The van der Waals surface area contributed by atoms with Crippen LogP contribution in [0, 0.1) is 0 Å². The smallest absolute Gasteiger partial charge is 0.112 e. The molecule has 9 heavy (non-hydrogen) atoms. The minimum Gasteiger partial charge on any atom is -0.279 e. The van der Waals surface area contributed by atoms with Crippen molar-refractivity contribution in [2.24, 2.45) is 9.98 Å². The molecule has 2 heteroatoms. The second kappa shape index (κ2) is 1.65. The van der Waals surface area contributed by atoms with Crippen LogP contribution >= 0.6 is 0 Å². The van der Waals surface area contributed by atoms with E-state index in [-0.39, 0.29) is 6.04 Å². The van der Waals surface area contributed by atoms with Crippen molar-refractivity contribution < 1.29 is 0 Å². The van der Waals surface area contributed by atoms with Crippen molar-refractivity contribution in [1.29, 1.82) is 0 Å². The first-order chi connectivity index (χ1) is 4.47. The van der Waals surface area contributed by atoms with Gasteiger partial charge < -0.3 is 0 Å². The molecule has 0 spiro atoms. The number of hydrogen-bond donors (Lipinski definition) is 0. The molecule has 1 atom stereocenters. The number of nitrogens with zero attached hydrogens (tertiary/aromatic N) is 2. The van der Waals surface area contributed by atoms with Crippen molar-refractivity contribution >= 4 is 11.9 Å². The first-order valence-electron chi connectivity index (χ1n) is 2.91. The molecule has 0 saturated heterocycles. The Morgan fingerprint density at radius 1 is 1.44 bits per heavy atom. The predicted octanol–water partition coefficient (Wildman–Crippen LogP) is 0.964. The number of aliphatic imine (C=N–C) groups is 2. The number of allylic oxidation sites excluding steroid dienone is 1. The van der Waals surface area contributed by atoms with Crippen LogP contribution in [0.2, 0.25) is 0 Å². The second-order valence-electron chi connectivity index (χ2n) is 2.00. The highest BCUT2D eigenvalue weighted by Gasteiger charge is 2.12. The van der Waals surface area contributed by atoms with Crippen LogP contribution in [-0.2, 0) is 0 Å². The summed E-state index contributed by atoms with van der Waals surface area (Å²) in [5, 5.41) is 0. The summed E-state index contributed by atoms with van der Waals surface area (Å²) in [6, 6.07) is 0.218. The topological polar surface area (TPSA) is 24.7 Å². The average Bonchev–Trinajstić information content (AvgIpc) is 2.33. The quantitative estimate of drug-likeness (QED) is 0.452. The van der Waals surface area contributed by atoms with Crippen LogP contribution in [-0.4, -0.2) is 18.0 Å². The van der Waals surface area contributed by atoms with Crippen LogP contribution < -0.4 is 0 Å². The summed E-state index contributed by atoms with van der Waals surface area (Å²) in [7, 11) is 0. The molecule has 0 aromatic carbocycles. The van der Waals surface area contributed by atoms with Gasteiger partial charge in [-0.2, -0.15) is 0 Å². The van der Waals surface area contributed by atoms with E-state index in [1.807, 2.05) is 18.2 Å². The maximum atomic E-state index is 4.16. The zero-order chi connectivity index (χ0) is 6.10. The Balaban J connectivity index is 2.40. The number of hydrogen-bond acceptors (Lipinski definition) is 2. The second-order valence-corrected chi connectivity index (χ2v) is 2.00. The van der Waals surface area contributed by atoms with Gasteiger partial charge in [0.05, 0.1) is 5.71 Å². The zero-order valence-electron chi connectivity index (χ0n) is 4.86. The summed E-state index contributed by atoms with van der Waals surface area (Å²) in [5.74, 6) is 0. The summed E-state index contributed by atoms with van der Waals surface area (Å²) in [5.41, 5.74) is 1.05. The molecule has 0 aliphatic carbocycles. The molecule has 2 heterocycles. The fraction of sp³-hybridized carbons (Fsp3) is 0.143. The van der Waals surface area contributed by atoms with Gasteiger partial charge in [0, 0.05) is 12.4 Å². The van der Waals surface area contributed by atoms with E-state index in [1.165, 1.54) is 0 Å². The summed E-state index contributed by atoms with van der Waals surface area (Å²) >= 11 is 0. The maximum Gasteiger partial charge on any atom is 0.112 e. The van der Waals surface area contributed by atoms with Crippen molar-refractivity contribution in [3.8, 4) is 0 Å². The lowest BCUT2D eigenvalue weighted by Crippen LogP contribution is -2.12. The molecule has 2 rings (SSSR count). The molecular weight excluding hydrogens is 112 g/mol. The Morgan fingerprint density at radius 3 is 3.33 bits per heavy atom. The Labute approximate surface area is 53.3 Å². The maximum absolute atomic E-state index is 4.16. The summed E-state index contributed by atoms with van der Waals surface area (Å²) in [6.45, 7) is 0. The van der Waals surface area contributed by atoms with Crippen LogP contribution in [0.4, 0.5) is 0 Å². The van der Waals surface area contributed by atoms with Gasteiger partial charge in [0.25, 0.3) is 0 Å². The van der Waals surface area contributed by atoms with Gasteiger partial charge in [-0.1, -0.05) is 0 Å². The summed E-state index contributed by atoms with van der Waals surface area (Å²) in [4.78, 5) is 8.26. The minimum absolute atomic E-state index is 0.218. The van der Waals surface area contributed by atoms with E-state index in [0.29, 0.717) is 0 Å². The molecule has 0 unspecified atom stereocenters. The average molecular weight is 118 g/mol. The standard InChI is InChI=1S/C7H6N2/c1-2-6-7(8-4-1)3-5-9-6/h1-5,7H/t7-/m0/s1. The van der Waals surface area contributed by atoms with Crippen molar-refractivity contribution in [2.45, 2.75) is 6.04 Å². The molecule has 0 amide bonds. The third-order valence-corrected chi connectivity index (χ3v) is 1.39. The normalized spacial score (nSPS) is 28.4. The van der Waals surface area contributed by atoms with Crippen molar-refractivity contribution in [3.63, 3.8) is 0 Å². The molecule has 0 aromatic rings. The largest absolute Gasteiger partial charge is 0.279 e. The third kappa shape index (κ3) is 0.633. The van der Waals surface area contributed by atoms with Gasteiger partial charge in [-0.3, -0.25) is 9.98 Å².